The third-order valence-electron chi connectivity index (χ3n) is 3.36. The van der Waals surface area contributed by atoms with E-state index in [1.165, 1.54) is 0 Å². The van der Waals surface area contributed by atoms with E-state index in [0.717, 1.165) is 35.2 Å². The first-order valence-corrected chi connectivity index (χ1v) is 8.87. The molecule has 132 valence electrons. The van der Waals surface area contributed by atoms with E-state index < -0.39 is 0 Å². The van der Waals surface area contributed by atoms with Gasteiger partial charge in [-0.25, -0.2) is 4.68 Å². The van der Waals surface area contributed by atoms with Gasteiger partial charge in [0.15, 0.2) is 11.5 Å². The van der Waals surface area contributed by atoms with Crippen molar-refractivity contribution >= 4 is 21.9 Å². The van der Waals surface area contributed by atoms with E-state index in [2.05, 4.69) is 43.7 Å². The molecule has 24 heavy (non-hydrogen) atoms. The number of tetrazole rings is 1. The van der Waals surface area contributed by atoms with Crippen LogP contribution in [0.15, 0.2) is 16.6 Å². The average Bonchev–Trinajstić information content (AvgIpc) is 2.99. The van der Waals surface area contributed by atoms with E-state index in [1.807, 2.05) is 26.0 Å². The van der Waals surface area contributed by atoms with Gasteiger partial charge in [0.2, 0.25) is 5.95 Å². The summed E-state index contributed by atoms with van der Waals surface area (Å²) < 4.78 is 14.1. The third kappa shape index (κ3) is 4.83. The molecule has 0 bridgehead atoms. The fraction of sp³-hybridized carbons (Fsp3) is 0.562. The van der Waals surface area contributed by atoms with Gasteiger partial charge < -0.3 is 14.8 Å². The molecule has 2 rings (SSSR count). The maximum Gasteiger partial charge on any atom is 0.243 e. The van der Waals surface area contributed by atoms with Gasteiger partial charge >= 0.3 is 0 Å². The second kappa shape index (κ2) is 8.86. The van der Waals surface area contributed by atoms with E-state index in [1.54, 1.807) is 11.8 Å². The van der Waals surface area contributed by atoms with Crippen molar-refractivity contribution < 1.29 is 9.47 Å². The van der Waals surface area contributed by atoms with Crippen molar-refractivity contribution in [1.29, 1.82) is 0 Å². The van der Waals surface area contributed by atoms with Crippen LogP contribution < -0.4 is 14.8 Å². The fourth-order valence-corrected chi connectivity index (χ4v) is 2.72. The Morgan fingerprint density at radius 2 is 2.12 bits per heavy atom. The van der Waals surface area contributed by atoms with Gasteiger partial charge in [-0.05, 0) is 42.8 Å². The summed E-state index contributed by atoms with van der Waals surface area (Å²) in [6.45, 7) is 7.45. The van der Waals surface area contributed by atoms with Crippen molar-refractivity contribution in [2.24, 2.45) is 0 Å². The largest absolute Gasteiger partial charge is 0.493 e. The lowest BCUT2D eigenvalue weighted by Crippen LogP contribution is -2.13. The number of hydrogen-bond donors (Lipinski definition) is 1. The van der Waals surface area contributed by atoms with Crippen LogP contribution in [0, 0.1) is 0 Å². The zero-order valence-electron chi connectivity index (χ0n) is 14.5. The van der Waals surface area contributed by atoms with Crippen molar-refractivity contribution in [3.8, 4) is 11.5 Å². The lowest BCUT2D eigenvalue weighted by Gasteiger charge is -2.18. The molecule has 0 saturated heterocycles. The number of rotatable bonds is 9. The van der Waals surface area contributed by atoms with Crippen LogP contribution in [0.4, 0.5) is 5.95 Å². The second-order valence-corrected chi connectivity index (χ2v) is 6.61. The Labute approximate surface area is 150 Å². The Hall–Kier alpha value is -1.83. The maximum absolute atomic E-state index is 5.94. The molecule has 0 radical (unpaired) electrons. The number of nitrogens with zero attached hydrogens (tertiary/aromatic N) is 4. The maximum atomic E-state index is 5.94. The summed E-state index contributed by atoms with van der Waals surface area (Å²) in [5.41, 5.74) is 0.972. The lowest BCUT2D eigenvalue weighted by molar-refractivity contribution is 0.228. The first kappa shape index (κ1) is 18.5. The molecule has 0 unspecified atom stereocenters. The standard InChI is InChI=1S/C16H24BrN5O2/c1-5-6-7-22-16(19-20-21-22)18-10-12-8-13(17)9-14(23-4)15(12)24-11(2)3/h8-9,11H,5-7,10H2,1-4H3,(H,18,19,21). The molecule has 0 aliphatic rings. The van der Waals surface area contributed by atoms with Crippen LogP contribution in [0.2, 0.25) is 0 Å². The predicted octanol–water partition coefficient (Wildman–Crippen LogP) is 3.64. The van der Waals surface area contributed by atoms with Crippen LogP contribution in [-0.2, 0) is 13.1 Å². The van der Waals surface area contributed by atoms with E-state index in [9.17, 15) is 0 Å². The number of ether oxygens (including phenoxy) is 2. The number of methoxy groups -OCH3 is 1. The van der Waals surface area contributed by atoms with Crippen LogP contribution in [0.5, 0.6) is 11.5 Å². The summed E-state index contributed by atoms with van der Waals surface area (Å²) >= 11 is 3.51. The number of unbranched alkanes of at least 4 members (excludes halogenated alkanes) is 1. The molecule has 0 saturated carbocycles. The molecule has 0 aliphatic carbocycles. The summed E-state index contributed by atoms with van der Waals surface area (Å²) in [7, 11) is 1.64. The van der Waals surface area contributed by atoms with E-state index in [0.29, 0.717) is 18.2 Å². The van der Waals surface area contributed by atoms with E-state index >= 15 is 0 Å². The third-order valence-corrected chi connectivity index (χ3v) is 3.82. The van der Waals surface area contributed by atoms with Gasteiger partial charge in [-0.1, -0.05) is 34.4 Å². The molecule has 0 fully saturated rings. The Morgan fingerprint density at radius 3 is 2.79 bits per heavy atom. The van der Waals surface area contributed by atoms with Crippen molar-refractivity contribution in [3.63, 3.8) is 0 Å². The Balaban J connectivity index is 2.19. The minimum atomic E-state index is 0.0497. The molecule has 1 heterocycles. The van der Waals surface area contributed by atoms with Gasteiger partial charge in [-0.15, -0.1) is 0 Å². The molecule has 8 heteroatoms. The van der Waals surface area contributed by atoms with Crippen molar-refractivity contribution in [2.75, 3.05) is 12.4 Å². The van der Waals surface area contributed by atoms with Gasteiger partial charge in [0.1, 0.15) is 0 Å². The van der Waals surface area contributed by atoms with Crippen LogP contribution in [0.3, 0.4) is 0 Å². The second-order valence-electron chi connectivity index (χ2n) is 5.70. The summed E-state index contributed by atoms with van der Waals surface area (Å²) in [6, 6.07) is 3.90. The fourth-order valence-electron chi connectivity index (χ4n) is 2.24. The molecule has 0 atom stereocenters. The molecule has 7 nitrogen and oxygen atoms in total. The summed E-state index contributed by atoms with van der Waals surface area (Å²) in [4.78, 5) is 0. The van der Waals surface area contributed by atoms with Crippen LogP contribution in [0.25, 0.3) is 0 Å². The highest BCUT2D eigenvalue weighted by molar-refractivity contribution is 9.10. The summed E-state index contributed by atoms with van der Waals surface area (Å²) in [5.74, 6) is 2.08. The van der Waals surface area contributed by atoms with Crippen molar-refractivity contribution in [2.45, 2.75) is 52.8 Å². The van der Waals surface area contributed by atoms with E-state index in [-0.39, 0.29) is 6.10 Å². The Bertz CT molecular complexity index is 660. The van der Waals surface area contributed by atoms with Crippen LogP contribution in [0.1, 0.15) is 39.2 Å². The predicted molar refractivity (Wildman–Crippen MR) is 96.5 cm³/mol. The summed E-state index contributed by atoms with van der Waals surface area (Å²) in [6.07, 6.45) is 2.18. The number of benzene rings is 1. The normalized spacial score (nSPS) is 10.9. The van der Waals surface area contributed by atoms with Crippen LogP contribution >= 0.6 is 15.9 Å². The Morgan fingerprint density at radius 1 is 1.33 bits per heavy atom. The van der Waals surface area contributed by atoms with Gasteiger partial charge in [0.05, 0.1) is 13.2 Å². The van der Waals surface area contributed by atoms with Crippen LogP contribution in [-0.4, -0.2) is 33.4 Å². The number of hydrogen-bond acceptors (Lipinski definition) is 6. The highest BCUT2D eigenvalue weighted by atomic mass is 79.9. The minimum absolute atomic E-state index is 0.0497. The molecular weight excluding hydrogens is 374 g/mol. The van der Waals surface area contributed by atoms with Gasteiger partial charge in [-0.2, -0.15) is 0 Å². The quantitative estimate of drug-likeness (QED) is 0.695. The SMILES string of the molecule is CCCCn1nnnc1NCc1cc(Br)cc(OC)c1OC(C)C. The zero-order chi connectivity index (χ0) is 17.5. The molecule has 1 aromatic carbocycles. The molecule has 1 N–H and O–H groups in total. The number of nitrogens with one attached hydrogen (secondary N) is 1. The first-order chi connectivity index (χ1) is 11.5. The van der Waals surface area contributed by atoms with Gasteiger partial charge in [0.25, 0.3) is 0 Å². The highest BCUT2D eigenvalue weighted by Crippen LogP contribution is 2.36. The smallest absolute Gasteiger partial charge is 0.243 e. The number of halogens is 1. The molecule has 0 spiro atoms. The topological polar surface area (TPSA) is 74.1 Å². The van der Waals surface area contributed by atoms with E-state index in [4.69, 9.17) is 9.47 Å². The number of anilines is 1. The first-order valence-electron chi connectivity index (χ1n) is 8.08. The average molecular weight is 398 g/mol. The van der Waals surface area contributed by atoms with Crippen molar-refractivity contribution in [3.05, 3.63) is 22.2 Å². The number of aryl methyl sites for hydroxylation is 1. The Kier molecular flexibility index (Phi) is 6.84. The molecule has 0 aliphatic heterocycles. The summed E-state index contributed by atoms with van der Waals surface area (Å²) in [5, 5.41) is 15.1. The van der Waals surface area contributed by atoms with Crippen molar-refractivity contribution in [1.82, 2.24) is 20.2 Å². The highest BCUT2D eigenvalue weighted by Gasteiger charge is 2.15. The van der Waals surface area contributed by atoms with Gasteiger partial charge in [0, 0.05) is 23.1 Å². The molecular formula is C16H24BrN5O2. The van der Waals surface area contributed by atoms with Gasteiger partial charge in [-0.3, -0.25) is 0 Å². The molecule has 1 aromatic heterocycles. The minimum Gasteiger partial charge on any atom is -0.493 e. The molecule has 2 aromatic rings. The monoisotopic (exact) mass is 397 g/mol. The zero-order valence-corrected chi connectivity index (χ0v) is 16.1. The number of aromatic nitrogens is 4. The lowest BCUT2D eigenvalue weighted by atomic mass is 10.2. The molecule has 0 amide bonds.